The van der Waals surface area contributed by atoms with Crippen molar-refractivity contribution in [3.63, 3.8) is 0 Å². The molecule has 1 heterocycles. The second kappa shape index (κ2) is 7.09. The maximum Gasteiger partial charge on any atom is 0.137 e. The van der Waals surface area contributed by atoms with Crippen LogP contribution in [0.25, 0.3) is 11.1 Å². The molecule has 0 saturated carbocycles. The number of benzene rings is 2. The van der Waals surface area contributed by atoms with Gasteiger partial charge in [0, 0.05) is 12.6 Å². The van der Waals surface area contributed by atoms with Crippen LogP contribution in [0.5, 0.6) is 5.75 Å². The van der Waals surface area contributed by atoms with Gasteiger partial charge in [-0.2, -0.15) is 5.06 Å². The zero-order chi connectivity index (χ0) is 18.0. The number of nitrogens with one attached hydrogen (secondary N) is 2. The van der Waals surface area contributed by atoms with Crippen molar-refractivity contribution < 1.29 is 14.0 Å². The summed E-state index contributed by atoms with van der Waals surface area (Å²) < 4.78 is 19.5. The van der Waals surface area contributed by atoms with Gasteiger partial charge in [0.1, 0.15) is 17.9 Å². The molecular weight excluding hydrogens is 321 g/mol. The molecule has 0 amide bonds. The number of halogens is 1. The van der Waals surface area contributed by atoms with Crippen molar-refractivity contribution in [1.82, 2.24) is 15.7 Å². The van der Waals surface area contributed by atoms with E-state index in [-0.39, 0.29) is 12.1 Å². The Kier molecular flexibility index (Phi) is 5.06. The van der Waals surface area contributed by atoms with E-state index in [1.165, 1.54) is 6.07 Å². The van der Waals surface area contributed by atoms with Gasteiger partial charge in [-0.3, -0.25) is 15.5 Å². The average Bonchev–Trinajstić information content (AvgIpc) is 2.64. The summed E-state index contributed by atoms with van der Waals surface area (Å²) in [6.45, 7) is 2.55. The van der Waals surface area contributed by atoms with E-state index < -0.39 is 5.54 Å². The molecule has 1 aliphatic heterocycles. The number of hydrogen-bond acceptors (Lipinski definition) is 5. The maximum absolute atomic E-state index is 14.3. The number of ether oxygens (including phenoxy) is 1. The minimum absolute atomic E-state index is 0.115. The van der Waals surface area contributed by atoms with E-state index in [1.807, 2.05) is 38.4 Å². The first-order valence-electron chi connectivity index (χ1n) is 8.22. The van der Waals surface area contributed by atoms with E-state index in [0.717, 1.165) is 11.1 Å². The number of hydrogen-bond donors (Lipinski definition) is 2. The van der Waals surface area contributed by atoms with Crippen LogP contribution in [0.4, 0.5) is 4.39 Å². The molecule has 0 bridgehead atoms. The van der Waals surface area contributed by atoms with Crippen LogP contribution in [-0.4, -0.2) is 39.2 Å². The standard InChI is InChI=1S/C19H24FN3O2/c1-19(12-25-23(3)18(21-2)22-19)14-7-5-6-13(10-14)16-11-15(24-4)8-9-17(16)20/h5-11,18,21-22H,12H2,1-4H3. The molecule has 1 saturated heterocycles. The van der Waals surface area contributed by atoms with Gasteiger partial charge < -0.3 is 4.74 Å². The van der Waals surface area contributed by atoms with Crippen LogP contribution in [0.2, 0.25) is 0 Å². The highest BCUT2D eigenvalue weighted by molar-refractivity contribution is 5.67. The van der Waals surface area contributed by atoms with Gasteiger partial charge in [-0.1, -0.05) is 18.2 Å². The summed E-state index contributed by atoms with van der Waals surface area (Å²) in [5, 5.41) is 8.44. The Morgan fingerprint density at radius 1 is 1.32 bits per heavy atom. The fourth-order valence-corrected chi connectivity index (χ4v) is 3.04. The molecule has 0 aromatic heterocycles. The Morgan fingerprint density at radius 3 is 2.84 bits per heavy atom. The highest BCUT2D eigenvalue weighted by Crippen LogP contribution is 2.32. The molecule has 2 unspecified atom stereocenters. The molecule has 2 aromatic carbocycles. The molecule has 0 radical (unpaired) electrons. The normalized spacial score (nSPS) is 24.3. The Hall–Kier alpha value is -1.99. The molecule has 3 rings (SSSR count). The molecule has 25 heavy (non-hydrogen) atoms. The van der Waals surface area contributed by atoms with E-state index in [4.69, 9.17) is 9.57 Å². The molecule has 1 fully saturated rings. The van der Waals surface area contributed by atoms with Crippen LogP contribution < -0.4 is 15.4 Å². The lowest BCUT2D eigenvalue weighted by Gasteiger charge is -2.44. The number of rotatable bonds is 4. The van der Waals surface area contributed by atoms with Crippen LogP contribution in [0, 0.1) is 5.82 Å². The quantitative estimate of drug-likeness (QED) is 0.892. The maximum atomic E-state index is 14.3. The van der Waals surface area contributed by atoms with E-state index in [2.05, 4.69) is 17.6 Å². The van der Waals surface area contributed by atoms with Crippen LogP contribution in [0.3, 0.4) is 0 Å². The third-order valence-corrected chi connectivity index (χ3v) is 4.63. The van der Waals surface area contributed by atoms with Crippen LogP contribution in [-0.2, 0) is 10.4 Å². The highest BCUT2D eigenvalue weighted by atomic mass is 19.1. The van der Waals surface area contributed by atoms with Gasteiger partial charge in [-0.25, -0.2) is 4.39 Å². The molecule has 1 aliphatic rings. The smallest absolute Gasteiger partial charge is 0.137 e. The highest BCUT2D eigenvalue weighted by Gasteiger charge is 2.36. The summed E-state index contributed by atoms with van der Waals surface area (Å²) in [5.41, 5.74) is 1.95. The summed E-state index contributed by atoms with van der Waals surface area (Å²) in [7, 11) is 5.31. The second-order valence-electron chi connectivity index (χ2n) is 6.41. The first kappa shape index (κ1) is 17.8. The molecule has 2 N–H and O–H groups in total. The van der Waals surface area contributed by atoms with Crippen molar-refractivity contribution in [3.8, 4) is 16.9 Å². The topological polar surface area (TPSA) is 45.8 Å². The predicted octanol–water partition coefficient (Wildman–Crippen LogP) is 2.69. The zero-order valence-corrected chi connectivity index (χ0v) is 15.0. The zero-order valence-electron chi connectivity index (χ0n) is 15.0. The van der Waals surface area contributed by atoms with E-state index in [0.29, 0.717) is 17.9 Å². The van der Waals surface area contributed by atoms with Gasteiger partial charge >= 0.3 is 0 Å². The second-order valence-corrected chi connectivity index (χ2v) is 6.41. The van der Waals surface area contributed by atoms with E-state index in [1.54, 1.807) is 24.3 Å². The summed E-state index contributed by atoms with van der Waals surface area (Å²) in [4.78, 5) is 5.77. The summed E-state index contributed by atoms with van der Waals surface area (Å²) >= 11 is 0. The van der Waals surface area contributed by atoms with Gasteiger partial charge in [0.15, 0.2) is 0 Å². The van der Waals surface area contributed by atoms with Crippen molar-refractivity contribution in [2.24, 2.45) is 0 Å². The molecule has 6 heteroatoms. The summed E-state index contributed by atoms with van der Waals surface area (Å²) in [6, 6.07) is 12.6. The third-order valence-electron chi connectivity index (χ3n) is 4.63. The Bertz CT molecular complexity index is 755. The van der Waals surface area contributed by atoms with Crippen molar-refractivity contribution in [1.29, 1.82) is 0 Å². The molecule has 0 aliphatic carbocycles. The van der Waals surface area contributed by atoms with Crippen molar-refractivity contribution in [2.75, 3.05) is 27.8 Å². The predicted molar refractivity (Wildman–Crippen MR) is 95.4 cm³/mol. The van der Waals surface area contributed by atoms with Crippen molar-refractivity contribution in [3.05, 3.63) is 53.8 Å². The largest absolute Gasteiger partial charge is 0.497 e. The SMILES string of the molecule is CNC1NC(C)(c2cccc(-c3cc(OC)ccc3F)c2)CON1C. The van der Waals surface area contributed by atoms with E-state index in [9.17, 15) is 4.39 Å². The van der Waals surface area contributed by atoms with Gasteiger partial charge in [-0.05, 0) is 49.4 Å². The Labute approximate surface area is 147 Å². The summed E-state index contributed by atoms with van der Waals surface area (Å²) in [5.74, 6) is 0.354. The molecule has 0 spiro atoms. The summed E-state index contributed by atoms with van der Waals surface area (Å²) in [6.07, 6.45) is -0.115. The van der Waals surface area contributed by atoms with Gasteiger partial charge in [0.25, 0.3) is 0 Å². The lowest BCUT2D eigenvalue weighted by Crippen LogP contribution is -2.64. The number of methoxy groups -OCH3 is 1. The van der Waals surface area contributed by atoms with Crippen LogP contribution in [0.15, 0.2) is 42.5 Å². The first-order chi connectivity index (χ1) is 12.0. The van der Waals surface area contributed by atoms with Crippen molar-refractivity contribution >= 4 is 0 Å². The lowest BCUT2D eigenvalue weighted by atomic mass is 9.89. The molecule has 5 nitrogen and oxygen atoms in total. The van der Waals surface area contributed by atoms with Gasteiger partial charge in [0.05, 0.1) is 19.3 Å². The van der Waals surface area contributed by atoms with Crippen molar-refractivity contribution in [2.45, 2.75) is 18.8 Å². The van der Waals surface area contributed by atoms with Gasteiger partial charge in [0.2, 0.25) is 0 Å². The number of nitrogens with zero attached hydrogens (tertiary/aromatic N) is 1. The minimum atomic E-state index is -0.397. The monoisotopic (exact) mass is 345 g/mol. The number of hydroxylamine groups is 2. The molecular formula is C19H24FN3O2. The lowest BCUT2D eigenvalue weighted by molar-refractivity contribution is -0.235. The van der Waals surface area contributed by atoms with E-state index >= 15 is 0 Å². The Balaban J connectivity index is 1.97. The average molecular weight is 345 g/mol. The van der Waals surface area contributed by atoms with Crippen LogP contribution >= 0.6 is 0 Å². The molecule has 2 aromatic rings. The third kappa shape index (κ3) is 3.52. The first-order valence-corrected chi connectivity index (χ1v) is 8.22. The molecule has 2 atom stereocenters. The van der Waals surface area contributed by atoms with Gasteiger partial charge in [-0.15, -0.1) is 0 Å². The minimum Gasteiger partial charge on any atom is -0.497 e. The molecule has 134 valence electrons. The van der Waals surface area contributed by atoms with Crippen LogP contribution in [0.1, 0.15) is 12.5 Å². The Morgan fingerprint density at radius 2 is 2.12 bits per heavy atom. The fraction of sp³-hybridized carbons (Fsp3) is 0.368. The fourth-order valence-electron chi connectivity index (χ4n) is 3.04.